The van der Waals surface area contributed by atoms with Gasteiger partial charge in [-0.15, -0.1) is 0 Å². The fraction of sp³-hybridized carbons (Fsp3) is 0.538. The van der Waals surface area contributed by atoms with Crippen LogP contribution in [0.5, 0.6) is 0 Å². The monoisotopic (exact) mass is 268 g/mol. The molecule has 5 heteroatoms. The Hall–Kier alpha value is -1.07. The first-order chi connectivity index (χ1) is 8.53. The highest BCUT2D eigenvalue weighted by molar-refractivity contribution is 7.89. The Morgan fingerprint density at radius 2 is 1.94 bits per heavy atom. The maximum atomic E-state index is 11.9. The van der Waals surface area contributed by atoms with Crippen LogP contribution in [0, 0.1) is 5.92 Å². The van der Waals surface area contributed by atoms with Gasteiger partial charge in [0.2, 0.25) is 10.0 Å². The molecule has 100 valence electrons. The maximum Gasteiger partial charge on any atom is 0.242 e. The van der Waals surface area contributed by atoms with Crippen molar-refractivity contribution in [2.75, 3.05) is 12.4 Å². The molecule has 1 saturated carbocycles. The minimum Gasteiger partial charge on any atom is -0.381 e. The second kappa shape index (κ2) is 5.28. The molecule has 0 aliphatic heterocycles. The first kappa shape index (κ1) is 13.4. The molecular formula is C13H20N2O2S. The number of benzene rings is 1. The smallest absolute Gasteiger partial charge is 0.242 e. The zero-order chi connectivity index (χ0) is 13.2. The molecule has 1 aliphatic rings. The Bertz CT molecular complexity index is 513. The van der Waals surface area contributed by atoms with Gasteiger partial charge in [-0.1, -0.05) is 19.1 Å². The highest BCUT2D eigenvalue weighted by Crippen LogP contribution is 2.29. The lowest BCUT2D eigenvalue weighted by atomic mass is 10.1. The summed E-state index contributed by atoms with van der Waals surface area (Å²) in [6.07, 6.45) is 3.42. The Morgan fingerprint density at radius 1 is 1.22 bits per heavy atom. The molecular weight excluding hydrogens is 248 g/mol. The van der Waals surface area contributed by atoms with Crippen LogP contribution in [0.3, 0.4) is 0 Å². The van der Waals surface area contributed by atoms with E-state index in [-0.39, 0.29) is 0 Å². The standard InChI is InChI=1S/C13H20N2O2S/c1-10-7-8-11(9-10)15-12-5-3-4-6-13(12)18(16,17)14-2/h3-6,10-11,14-15H,7-9H2,1-2H3. The van der Waals surface area contributed by atoms with Crippen LogP contribution in [0.2, 0.25) is 0 Å². The summed E-state index contributed by atoms with van der Waals surface area (Å²) < 4.78 is 26.2. The van der Waals surface area contributed by atoms with E-state index in [1.54, 1.807) is 12.1 Å². The predicted octanol–water partition coefficient (Wildman–Crippen LogP) is 2.20. The Morgan fingerprint density at radius 3 is 2.56 bits per heavy atom. The minimum atomic E-state index is -3.40. The van der Waals surface area contributed by atoms with Gasteiger partial charge in [0.1, 0.15) is 4.90 Å². The molecule has 1 aliphatic carbocycles. The predicted molar refractivity (Wildman–Crippen MR) is 73.1 cm³/mol. The summed E-state index contributed by atoms with van der Waals surface area (Å²) in [5.74, 6) is 0.718. The van der Waals surface area contributed by atoms with Gasteiger partial charge >= 0.3 is 0 Å². The van der Waals surface area contributed by atoms with E-state index < -0.39 is 10.0 Å². The van der Waals surface area contributed by atoms with Crippen molar-refractivity contribution in [1.82, 2.24) is 4.72 Å². The van der Waals surface area contributed by atoms with Crippen LogP contribution < -0.4 is 10.0 Å². The van der Waals surface area contributed by atoms with E-state index in [9.17, 15) is 8.42 Å². The van der Waals surface area contributed by atoms with E-state index in [0.29, 0.717) is 16.6 Å². The molecule has 0 aromatic heterocycles. The summed E-state index contributed by atoms with van der Waals surface area (Å²) in [5.41, 5.74) is 0.700. The average Bonchev–Trinajstić information content (AvgIpc) is 2.75. The summed E-state index contributed by atoms with van der Waals surface area (Å²) in [5, 5.41) is 3.36. The van der Waals surface area contributed by atoms with E-state index in [1.807, 2.05) is 12.1 Å². The molecule has 1 fully saturated rings. The van der Waals surface area contributed by atoms with Crippen LogP contribution >= 0.6 is 0 Å². The third-order valence-electron chi connectivity index (χ3n) is 3.50. The molecule has 2 rings (SSSR count). The molecule has 18 heavy (non-hydrogen) atoms. The molecule has 2 atom stereocenters. The maximum absolute atomic E-state index is 11.9. The average molecular weight is 268 g/mol. The molecule has 0 saturated heterocycles. The molecule has 0 amide bonds. The van der Waals surface area contributed by atoms with E-state index >= 15 is 0 Å². The van der Waals surface area contributed by atoms with Crippen molar-refractivity contribution in [2.24, 2.45) is 5.92 Å². The van der Waals surface area contributed by atoms with E-state index in [2.05, 4.69) is 17.0 Å². The number of hydrogen-bond donors (Lipinski definition) is 2. The van der Waals surface area contributed by atoms with Crippen molar-refractivity contribution < 1.29 is 8.42 Å². The summed E-state index contributed by atoms with van der Waals surface area (Å²) >= 11 is 0. The summed E-state index contributed by atoms with van der Waals surface area (Å²) in [4.78, 5) is 0.326. The summed E-state index contributed by atoms with van der Waals surface area (Å²) in [6, 6.07) is 7.44. The van der Waals surface area contributed by atoms with Gasteiger partial charge in [0.25, 0.3) is 0 Å². The van der Waals surface area contributed by atoms with Gasteiger partial charge in [-0.25, -0.2) is 13.1 Å². The van der Waals surface area contributed by atoms with Crippen LogP contribution in [-0.2, 0) is 10.0 Å². The van der Waals surface area contributed by atoms with Crippen molar-refractivity contribution in [1.29, 1.82) is 0 Å². The van der Waals surface area contributed by atoms with Crippen molar-refractivity contribution in [2.45, 2.75) is 37.1 Å². The van der Waals surface area contributed by atoms with Gasteiger partial charge in [0, 0.05) is 6.04 Å². The highest BCUT2D eigenvalue weighted by Gasteiger charge is 2.23. The number of rotatable bonds is 4. The minimum absolute atomic E-state index is 0.326. The molecule has 0 heterocycles. The van der Waals surface area contributed by atoms with Gasteiger partial charge in [-0.2, -0.15) is 0 Å². The second-order valence-electron chi connectivity index (χ2n) is 4.96. The van der Waals surface area contributed by atoms with Crippen LogP contribution in [0.1, 0.15) is 26.2 Å². The molecule has 0 spiro atoms. The number of para-hydroxylation sites is 1. The number of hydrogen-bond acceptors (Lipinski definition) is 3. The van der Waals surface area contributed by atoms with Gasteiger partial charge in [0.15, 0.2) is 0 Å². The molecule has 4 nitrogen and oxygen atoms in total. The zero-order valence-corrected chi connectivity index (χ0v) is 11.6. The highest BCUT2D eigenvalue weighted by atomic mass is 32.2. The van der Waals surface area contributed by atoms with Crippen molar-refractivity contribution in [3.05, 3.63) is 24.3 Å². The van der Waals surface area contributed by atoms with Crippen LogP contribution in [0.25, 0.3) is 0 Å². The number of anilines is 1. The number of sulfonamides is 1. The van der Waals surface area contributed by atoms with Gasteiger partial charge in [-0.05, 0) is 44.4 Å². The van der Waals surface area contributed by atoms with Gasteiger partial charge < -0.3 is 5.32 Å². The lowest BCUT2D eigenvalue weighted by Gasteiger charge is -2.17. The Balaban J connectivity index is 2.23. The fourth-order valence-electron chi connectivity index (χ4n) is 2.49. The molecule has 0 bridgehead atoms. The first-order valence-corrected chi connectivity index (χ1v) is 7.80. The lowest BCUT2D eigenvalue weighted by Crippen LogP contribution is -2.22. The molecule has 0 radical (unpaired) electrons. The molecule has 1 aromatic rings. The topological polar surface area (TPSA) is 58.2 Å². The third-order valence-corrected chi connectivity index (χ3v) is 4.97. The van der Waals surface area contributed by atoms with Crippen molar-refractivity contribution in [3.8, 4) is 0 Å². The zero-order valence-electron chi connectivity index (χ0n) is 10.8. The lowest BCUT2D eigenvalue weighted by molar-refractivity contribution is 0.587. The van der Waals surface area contributed by atoms with Crippen LogP contribution in [0.15, 0.2) is 29.2 Å². The van der Waals surface area contributed by atoms with E-state index in [0.717, 1.165) is 18.8 Å². The molecule has 2 N–H and O–H groups in total. The van der Waals surface area contributed by atoms with E-state index in [1.165, 1.54) is 13.5 Å². The van der Waals surface area contributed by atoms with E-state index in [4.69, 9.17) is 0 Å². The number of nitrogens with one attached hydrogen (secondary N) is 2. The molecule has 1 aromatic carbocycles. The first-order valence-electron chi connectivity index (χ1n) is 6.32. The van der Waals surface area contributed by atoms with Crippen molar-refractivity contribution >= 4 is 15.7 Å². The summed E-state index contributed by atoms with van der Waals surface area (Å²) in [6.45, 7) is 2.23. The second-order valence-corrected chi connectivity index (χ2v) is 6.82. The van der Waals surface area contributed by atoms with Crippen LogP contribution in [0.4, 0.5) is 5.69 Å². The van der Waals surface area contributed by atoms with Crippen LogP contribution in [-0.4, -0.2) is 21.5 Å². The van der Waals surface area contributed by atoms with Gasteiger partial charge in [-0.3, -0.25) is 0 Å². The SMILES string of the molecule is CNS(=O)(=O)c1ccccc1NC1CCC(C)C1. The fourth-order valence-corrected chi connectivity index (χ4v) is 3.38. The Labute approximate surface area is 109 Å². The Kier molecular flexibility index (Phi) is 3.92. The molecule has 2 unspecified atom stereocenters. The summed E-state index contributed by atoms with van der Waals surface area (Å²) in [7, 11) is -1.96. The van der Waals surface area contributed by atoms with Gasteiger partial charge in [0.05, 0.1) is 5.69 Å². The quantitative estimate of drug-likeness (QED) is 0.880. The van der Waals surface area contributed by atoms with Crippen molar-refractivity contribution in [3.63, 3.8) is 0 Å². The largest absolute Gasteiger partial charge is 0.381 e. The normalized spacial score (nSPS) is 24.1. The third kappa shape index (κ3) is 2.84.